The number of hydrogen-bond acceptors (Lipinski definition) is 1. The van der Waals surface area contributed by atoms with Gasteiger partial charge in [0.1, 0.15) is 0 Å². The molecule has 1 heteroatoms. The van der Waals surface area contributed by atoms with Crippen LogP contribution in [0, 0.1) is 5.92 Å². The van der Waals surface area contributed by atoms with Crippen molar-refractivity contribution in [2.45, 2.75) is 33.6 Å². The summed E-state index contributed by atoms with van der Waals surface area (Å²) in [6.45, 7) is 9.23. The van der Waals surface area contributed by atoms with E-state index in [2.05, 4.69) is 31.7 Å². The summed E-state index contributed by atoms with van der Waals surface area (Å²) in [5.41, 5.74) is 1.55. The third-order valence-corrected chi connectivity index (χ3v) is 2.32. The Balaban J connectivity index is 2.63. The summed E-state index contributed by atoms with van der Waals surface area (Å²) >= 11 is 0. The molecule has 0 aromatic heterocycles. The van der Waals surface area contributed by atoms with E-state index in [-0.39, 0.29) is 0 Å². The van der Waals surface area contributed by atoms with Crippen LogP contribution < -0.4 is 0 Å². The Labute approximate surface area is 70.1 Å². The number of nitrogens with zero attached hydrogens (tertiary/aromatic N) is 1. The second kappa shape index (κ2) is 3.80. The lowest BCUT2D eigenvalue weighted by molar-refractivity contribution is 0.306. The van der Waals surface area contributed by atoms with Crippen LogP contribution in [-0.4, -0.2) is 18.0 Å². The predicted molar refractivity (Wildman–Crippen MR) is 49.4 cm³/mol. The van der Waals surface area contributed by atoms with Crippen molar-refractivity contribution in [2.24, 2.45) is 5.92 Å². The molecule has 1 aliphatic rings. The second-order valence-corrected chi connectivity index (χ2v) is 3.51. The molecule has 1 aliphatic heterocycles. The highest BCUT2D eigenvalue weighted by Gasteiger charge is 2.13. The largest absolute Gasteiger partial charge is 0.375 e. The summed E-state index contributed by atoms with van der Waals surface area (Å²) in [5.74, 6) is 0.704. The topological polar surface area (TPSA) is 3.24 Å². The standard InChI is InChI=1S/C10H19N/c1-4-11-8-6-5-7-10(11)9(2)3/h7,9H,4-6,8H2,1-3H3. The Hall–Kier alpha value is -0.460. The Morgan fingerprint density at radius 2 is 2.27 bits per heavy atom. The third kappa shape index (κ3) is 1.98. The van der Waals surface area contributed by atoms with Crippen LogP contribution in [-0.2, 0) is 0 Å². The van der Waals surface area contributed by atoms with Crippen molar-refractivity contribution < 1.29 is 0 Å². The molecular formula is C10H19N. The third-order valence-electron chi connectivity index (χ3n) is 2.32. The highest BCUT2D eigenvalue weighted by molar-refractivity contribution is 5.06. The van der Waals surface area contributed by atoms with Gasteiger partial charge >= 0.3 is 0 Å². The highest BCUT2D eigenvalue weighted by atomic mass is 15.1. The van der Waals surface area contributed by atoms with E-state index in [4.69, 9.17) is 0 Å². The van der Waals surface area contributed by atoms with E-state index in [0.29, 0.717) is 5.92 Å². The van der Waals surface area contributed by atoms with Gasteiger partial charge in [0.2, 0.25) is 0 Å². The maximum Gasteiger partial charge on any atom is 0.0177 e. The molecule has 0 unspecified atom stereocenters. The van der Waals surface area contributed by atoms with Gasteiger partial charge in [0.05, 0.1) is 0 Å². The molecule has 11 heavy (non-hydrogen) atoms. The zero-order valence-electron chi connectivity index (χ0n) is 7.93. The van der Waals surface area contributed by atoms with Crippen LogP contribution in [0.3, 0.4) is 0 Å². The molecule has 0 radical (unpaired) electrons. The van der Waals surface area contributed by atoms with Gasteiger partial charge in [0.15, 0.2) is 0 Å². The molecule has 0 aromatic carbocycles. The zero-order chi connectivity index (χ0) is 8.27. The van der Waals surface area contributed by atoms with Crippen molar-refractivity contribution in [3.8, 4) is 0 Å². The average molecular weight is 153 g/mol. The molecule has 1 heterocycles. The minimum absolute atomic E-state index is 0.704. The van der Waals surface area contributed by atoms with Gasteiger partial charge in [-0.25, -0.2) is 0 Å². The molecule has 0 saturated heterocycles. The van der Waals surface area contributed by atoms with Crippen LogP contribution in [0.4, 0.5) is 0 Å². The Kier molecular flexibility index (Phi) is 2.98. The highest BCUT2D eigenvalue weighted by Crippen LogP contribution is 2.20. The van der Waals surface area contributed by atoms with Gasteiger partial charge in [-0.05, 0) is 25.7 Å². The maximum absolute atomic E-state index is 2.49. The molecule has 0 saturated carbocycles. The maximum atomic E-state index is 2.49. The van der Waals surface area contributed by atoms with E-state index in [1.807, 2.05) is 0 Å². The molecule has 1 rings (SSSR count). The minimum atomic E-state index is 0.704. The first-order valence-electron chi connectivity index (χ1n) is 4.70. The quantitative estimate of drug-likeness (QED) is 0.589. The summed E-state index contributed by atoms with van der Waals surface area (Å²) in [7, 11) is 0. The van der Waals surface area contributed by atoms with E-state index in [9.17, 15) is 0 Å². The van der Waals surface area contributed by atoms with Gasteiger partial charge in [-0.2, -0.15) is 0 Å². The van der Waals surface area contributed by atoms with Gasteiger partial charge in [0.25, 0.3) is 0 Å². The van der Waals surface area contributed by atoms with Crippen LogP contribution in [0.2, 0.25) is 0 Å². The molecule has 0 aromatic rings. The summed E-state index contributed by atoms with van der Waals surface area (Å²) in [4.78, 5) is 2.49. The van der Waals surface area contributed by atoms with Gasteiger partial charge in [-0.1, -0.05) is 19.9 Å². The van der Waals surface area contributed by atoms with E-state index in [0.717, 1.165) is 0 Å². The minimum Gasteiger partial charge on any atom is -0.375 e. The first-order valence-corrected chi connectivity index (χ1v) is 4.70. The van der Waals surface area contributed by atoms with Crippen molar-refractivity contribution in [1.82, 2.24) is 4.90 Å². The van der Waals surface area contributed by atoms with Crippen molar-refractivity contribution in [1.29, 1.82) is 0 Å². The summed E-state index contributed by atoms with van der Waals surface area (Å²) in [5, 5.41) is 0. The van der Waals surface area contributed by atoms with E-state index in [1.165, 1.54) is 25.9 Å². The first-order chi connectivity index (χ1) is 5.25. The molecule has 0 amide bonds. The zero-order valence-corrected chi connectivity index (χ0v) is 7.93. The fourth-order valence-electron chi connectivity index (χ4n) is 1.73. The van der Waals surface area contributed by atoms with Crippen LogP contribution >= 0.6 is 0 Å². The number of rotatable bonds is 2. The lowest BCUT2D eigenvalue weighted by Gasteiger charge is -2.31. The van der Waals surface area contributed by atoms with Gasteiger partial charge < -0.3 is 4.90 Å². The van der Waals surface area contributed by atoms with Crippen LogP contribution in [0.15, 0.2) is 11.8 Å². The van der Waals surface area contributed by atoms with Crippen molar-refractivity contribution >= 4 is 0 Å². The Morgan fingerprint density at radius 1 is 1.55 bits per heavy atom. The monoisotopic (exact) mass is 153 g/mol. The Morgan fingerprint density at radius 3 is 2.73 bits per heavy atom. The lowest BCUT2D eigenvalue weighted by Crippen LogP contribution is -2.29. The molecule has 64 valence electrons. The molecule has 0 fully saturated rings. The van der Waals surface area contributed by atoms with E-state index < -0.39 is 0 Å². The summed E-state index contributed by atoms with van der Waals surface area (Å²) in [6.07, 6.45) is 5.02. The normalized spacial score (nSPS) is 18.9. The molecule has 0 bridgehead atoms. The first kappa shape index (κ1) is 8.63. The van der Waals surface area contributed by atoms with Crippen LogP contribution in [0.5, 0.6) is 0 Å². The predicted octanol–water partition coefficient (Wildman–Crippen LogP) is 2.64. The summed E-state index contributed by atoms with van der Waals surface area (Å²) < 4.78 is 0. The molecule has 0 N–H and O–H groups in total. The van der Waals surface area contributed by atoms with Crippen molar-refractivity contribution in [3.63, 3.8) is 0 Å². The smallest absolute Gasteiger partial charge is 0.0177 e. The molecule has 0 spiro atoms. The molecule has 0 atom stereocenters. The molecular weight excluding hydrogens is 134 g/mol. The number of hydrogen-bond donors (Lipinski definition) is 0. The van der Waals surface area contributed by atoms with Crippen LogP contribution in [0.25, 0.3) is 0 Å². The van der Waals surface area contributed by atoms with E-state index >= 15 is 0 Å². The van der Waals surface area contributed by atoms with Gasteiger partial charge in [-0.3, -0.25) is 0 Å². The second-order valence-electron chi connectivity index (χ2n) is 3.51. The number of allylic oxidation sites excluding steroid dienone is 2. The van der Waals surface area contributed by atoms with Crippen molar-refractivity contribution in [3.05, 3.63) is 11.8 Å². The summed E-state index contributed by atoms with van der Waals surface area (Å²) in [6, 6.07) is 0. The van der Waals surface area contributed by atoms with Gasteiger partial charge in [0, 0.05) is 18.8 Å². The molecule has 1 nitrogen and oxygen atoms in total. The van der Waals surface area contributed by atoms with Crippen LogP contribution in [0.1, 0.15) is 33.6 Å². The van der Waals surface area contributed by atoms with Gasteiger partial charge in [-0.15, -0.1) is 0 Å². The fraction of sp³-hybridized carbons (Fsp3) is 0.800. The SMILES string of the molecule is CCN1CCCC=C1C(C)C. The lowest BCUT2D eigenvalue weighted by atomic mass is 10.0. The average Bonchev–Trinajstić information content (AvgIpc) is 2.04. The Bertz CT molecular complexity index is 147. The van der Waals surface area contributed by atoms with Crippen molar-refractivity contribution in [2.75, 3.05) is 13.1 Å². The fourth-order valence-corrected chi connectivity index (χ4v) is 1.73. The van der Waals surface area contributed by atoms with E-state index in [1.54, 1.807) is 5.70 Å². The molecule has 0 aliphatic carbocycles.